The van der Waals surface area contributed by atoms with Crippen molar-refractivity contribution in [2.45, 2.75) is 25.8 Å². The quantitative estimate of drug-likeness (QED) is 0.879. The van der Waals surface area contributed by atoms with Crippen molar-refractivity contribution in [3.05, 3.63) is 33.8 Å². The molecule has 2 N–H and O–H groups in total. The lowest BCUT2D eigenvalue weighted by molar-refractivity contribution is 0.0930. The highest BCUT2D eigenvalue weighted by Crippen LogP contribution is 2.15. The first-order valence-corrected chi connectivity index (χ1v) is 6.73. The van der Waals surface area contributed by atoms with Crippen LogP contribution in [-0.4, -0.2) is 25.0 Å². The SMILES string of the molecule is Cc1cc(Br)cc(C(=O)N[C@H]2CCCNC2)c1. The number of carbonyl (C=O) groups excluding carboxylic acids is 1. The zero-order chi connectivity index (χ0) is 12.3. The van der Waals surface area contributed by atoms with Crippen LogP contribution < -0.4 is 10.6 Å². The Kier molecular flexibility index (Phi) is 4.18. The third-order valence-corrected chi connectivity index (χ3v) is 3.39. The van der Waals surface area contributed by atoms with Crippen molar-refractivity contribution in [1.29, 1.82) is 0 Å². The zero-order valence-corrected chi connectivity index (χ0v) is 11.5. The van der Waals surface area contributed by atoms with Crippen molar-refractivity contribution >= 4 is 21.8 Å². The van der Waals surface area contributed by atoms with Crippen LogP contribution >= 0.6 is 15.9 Å². The van der Waals surface area contributed by atoms with E-state index >= 15 is 0 Å². The normalized spacial score (nSPS) is 20.0. The summed E-state index contributed by atoms with van der Waals surface area (Å²) < 4.78 is 0.949. The number of hydrogen-bond donors (Lipinski definition) is 2. The standard InChI is InChI=1S/C13H17BrN2O/c1-9-5-10(7-11(14)6-9)13(17)16-12-3-2-4-15-8-12/h5-7,12,15H,2-4,8H2,1H3,(H,16,17)/t12-/m0/s1. The molecule has 1 aliphatic rings. The van der Waals surface area contributed by atoms with Gasteiger partial charge in [0, 0.05) is 22.6 Å². The van der Waals surface area contributed by atoms with Crippen LogP contribution in [0.1, 0.15) is 28.8 Å². The van der Waals surface area contributed by atoms with Gasteiger partial charge in [0.25, 0.3) is 5.91 Å². The summed E-state index contributed by atoms with van der Waals surface area (Å²) in [5, 5.41) is 6.36. The van der Waals surface area contributed by atoms with Crippen molar-refractivity contribution in [2.24, 2.45) is 0 Å². The van der Waals surface area contributed by atoms with Gasteiger partial charge < -0.3 is 10.6 Å². The van der Waals surface area contributed by atoms with Crippen LogP contribution in [0.5, 0.6) is 0 Å². The summed E-state index contributed by atoms with van der Waals surface area (Å²) in [7, 11) is 0. The van der Waals surface area contributed by atoms with E-state index in [4.69, 9.17) is 0 Å². The topological polar surface area (TPSA) is 41.1 Å². The van der Waals surface area contributed by atoms with Crippen LogP contribution in [0.4, 0.5) is 0 Å². The van der Waals surface area contributed by atoms with Gasteiger partial charge in [0.05, 0.1) is 0 Å². The molecule has 1 aromatic rings. The molecule has 1 fully saturated rings. The van der Waals surface area contributed by atoms with Crippen molar-refractivity contribution in [2.75, 3.05) is 13.1 Å². The van der Waals surface area contributed by atoms with E-state index < -0.39 is 0 Å². The molecule has 17 heavy (non-hydrogen) atoms. The van der Waals surface area contributed by atoms with Crippen LogP contribution in [0.25, 0.3) is 0 Å². The van der Waals surface area contributed by atoms with E-state index in [-0.39, 0.29) is 11.9 Å². The Morgan fingerprint density at radius 2 is 2.29 bits per heavy atom. The minimum atomic E-state index is 0.0168. The molecular weight excluding hydrogens is 280 g/mol. The lowest BCUT2D eigenvalue weighted by atomic mass is 10.1. The third kappa shape index (κ3) is 3.54. The van der Waals surface area contributed by atoms with Gasteiger partial charge in [-0.2, -0.15) is 0 Å². The smallest absolute Gasteiger partial charge is 0.251 e. The molecule has 1 saturated heterocycles. The number of halogens is 1. The van der Waals surface area contributed by atoms with Gasteiger partial charge in [-0.25, -0.2) is 0 Å². The summed E-state index contributed by atoms with van der Waals surface area (Å²) >= 11 is 3.41. The lowest BCUT2D eigenvalue weighted by Gasteiger charge is -2.23. The van der Waals surface area contributed by atoms with Gasteiger partial charge in [0.15, 0.2) is 0 Å². The summed E-state index contributed by atoms with van der Waals surface area (Å²) in [6.45, 7) is 3.92. The average Bonchev–Trinajstić information content (AvgIpc) is 2.29. The Hall–Kier alpha value is -0.870. The monoisotopic (exact) mass is 296 g/mol. The van der Waals surface area contributed by atoms with E-state index in [9.17, 15) is 4.79 Å². The Labute approximate surface area is 110 Å². The number of aryl methyl sites for hydroxylation is 1. The van der Waals surface area contributed by atoms with Crippen LogP contribution in [0.3, 0.4) is 0 Å². The Morgan fingerprint density at radius 3 is 2.94 bits per heavy atom. The molecular formula is C13H17BrN2O. The molecule has 0 radical (unpaired) electrons. The van der Waals surface area contributed by atoms with Gasteiger partial charge >= 0.3 is 0 Å². The Bertz CT molecular complexity index is 394. The fraction of sp³-hybridized carbons (Fsp3) is 0.462. The summed E-state index contributed by atoms with van der Waals surface area (Å²) in [6.07, 6.45) is 2.19. The van der Waals surface area contributed by atoms with Gasteiger partial charge in [-0.1, -0.05) is 15.9 Å². The van der Waals surface area contributed by atoms with Gasteiger partial charge in [-0.15, -0.1) is 0 Å². The number of amides is 1. The van der Waals surface area contributed by atoms with Crippen LogP contribution in [0.2, 0.25) is 0 Å². The van der Waals surface area contributed by atoms with Gasteiger partial charge in [-0.05, 0) is 50.1 Å². The van der Waals surface area contributed by atoms with Gasteiger partial charge in [0.1, 0.15) is 0 Å². The predicted molar refractivity (Wildman–Crippen MR) is 72.2 cm³/mol. The molecule has 1 aliphatic heterocycles. The molecule has 1 aromatic carbocycles. The van der Waals surface area contributed by atoms with E-state index in [0.717, 1.165) is 41.5 Å². The molecule has 1 heterocycles. The molecule has 0 saturated carbocycles. The van der Waals surface area contributed by atoms with E-state index in [0.29, 0.717) is 0 Å². The van der Waals surface area contributed by atoms with E-state index in [1.54, 1.807) is 0 Å². The van der Waals surface area contributed by atoms with Crippen LogP contribution in [0, 0.1) is 6.92 Å². The molecule has 1 amide bonds. The number of nitrogens with one attached hydrogen (secondary N) is 2. The highest BCUT2D eigenvalue weighted by molar-refractivity contribution is 9.10. The predicted octanol–water partition coefficient (Wildman–Crippen LogP) is 2.24. The first kappa shape index (κ1) is 12.6. The van der Waals surface area contributed by atoms with E-state index in [1.807, 2.05) is 25.1 Å². The fourth-order valence-electron chi connectivity index (χ4n) is 2.11. The van der Waals surface area contributed by atoms with Crippen LogP contribution in [0.15, 0.2) is 22.7 Å². The average molecular weight is 297 g/mol. The van der Waals surface area contributed by atoms with Gasteiger partial charge in [0.2, 0.25) is 0 Å². The summed E-state index contributed by atoms with van der Waals surface area (Å²) in [6, 6.07) is 6.03. The maximum Gasteiger partial charge on any atom is 0.251 e. The Morgan fingerprint density at radius 1 is 1.47 bits per heavy atom. The van der Waals surface area contributed by atoms with Crippen LogP contribution in [-0.2, 0) is 0 Å². The third-order valence-electron chi connectivity index (χ3n) is 2.94. The van der Waals surface area contributed by atoms with Crippen molar-refractivity contribution in [3.63, 3.8) is 0 Å². The minimum absolute atomic E-state index is 0.0168. The number of benzene rings is 1. The molecule has 0 unspecified atom stereocenters. The van der Waals surface area contributed by atoms with E-state index in [2.05, 4.69) is 26.6 Å². The molecule has 1 atom stereocenters. The molecule has 0 bridgehead atoms. The molecule has 0 aliphatic carbocycles. The molecule has 3 nitrogen and oxygen atoms in total. The summed E-state index contributed by atoms with van der Waals surface area (Å²) in [5.41, 5.74) is 1.81. The molecule has 0 aromatic heterocycles. The number of carbonyl (C=O) groups is 1. The molecule has 92 valence electrons. The summed E-state index contributed by atoms with van der Waals surface area (Å²) in [4.78, 5) is 12.1. The lowest BCUT2D eigenvalue weighted by Crippen LogP contribution is -2.45. The highest BCUT2D eigenvalue weighted by atomic mass is 79.9. The first-order chi connectivity index (χ1) is 8.15. The largest absolute Gasteiger partial charge is 0.348 e. The second-order valence-electron chi connectivity index (χ2n) is 4.53. The van der Waals surface area contributed by atoms with Crippen molar-refractivity contribution in [3.8, 4) is 0 Å². The maximum atomic E-state index is 12.1. The first-order valence-electron chi connectivity index (χ1n) is 5.94. The minimum Gasteiger partial charge on any atom is -0.348 e. The van der Waals surface area contributed by atoms with E-state index in [1.165, 1.54) is 0 Å². The van der Waals surface area contributed by atoms with Crippen molar-refractivity contribution in [1.82, 2.24) is 10.6 Å². The molecule has 2 rings (SSSR count). The maximum absolute atomic E-state index is 12.1. The fourth-order valence-corrected chi connectivity index (χ4v) is 2.72. The Balaban J connectivity index is 2.03. The highest BCUT2D eigenvalue weighted by Gasteiger charge is 2.16. The van der Waals surface area contributed by atoms with Crippen molar-refractivity contribution < 1.29 is 4.79 Å². The van der Waals surface area contributed by atoms with Gasteiger partial charge in [-0.3, -0.25) is 4.79 Å². The molecule has 4 heteroatoms. The number of rotatable bonds is 2. The second kappa shape index (κ2) is 5.65. The number of piperidine rings is 1. The molecule has 0 spiro atoms. The second-order valence-corrected chi connectivity index (χ2v) is 5.45. The summed E-state index contributed by atoms with van der Waals surface area (Å²) in [5.74, 6) is 0.0168. The number of hydrogen-bond acceptors (Lipinski definition) is 2. The zero-order valence-electron chi connectivity index (χ0n) is 9.92.